The minimum Gasteiger partial charge on any atom is -0.463 e. The first-order chi connectivity index (χ1) is 13.3. The van der Waals surface area contributed by atoms with Crippen molar-refractivity contribution < 1.29 is 33.3 Å². The van der Waals surface area contributed by atoms with Crippen molar-refractivity contribution in [3.05, 3.63) is 17.3 Å². The number of hydrogen-bond donors (Lipinski definition) is 0. The number of aromatic nitrogens is 4. The van der Waals surface area contributed by atoms with E-state index >= 15 is 0 Å². The van der Waals surface area contributed by atoms with E-state index in [1.807, 2.05) is 0 Å². The van der Waals surface area contributed by atoms with Gasteiger partial charge in [0.15, 0.2) is 24.1 Å². The zero-order valence-corrected chi connectivity index (χ0v) is 16.8. The third-order valence-electron chi connectivity index (χ3n) is 3.93. The quantitative estimate of drug-likeness (QED) is 0.363. The fourth-order valence-electron chi connectivity index (χ4n) is 2.93. The highest BCUT2D eigenvalue weighted by molar-refractivity contribution is 9.10. The van der Waals surface area contributed by atoms with Crippen molar-refractivity contribution in [2.75, 3.05) is 6.61 Å². The third-order valence-corrected chi connectivity index (χ3v) is 4.51. The first-order valence-electron chi connectivity index (χ1n) is 8.24. The highest BCUT2D eigenvalue weighted by atomic mass is 79.9. The second-order valence-corrected chi connectivity index (χ2v) is 6.76. The molecule has 2 aromatic heterocycles. The summed E-state index contributed by atoms with van der Waals surface area (Å²) in [5.74, 6) is -1.72. The van der Waals surface area contributed by atoms with E-state index in [1.165, 1.54) is 33.4 Å². The summed E-state index contributed by atoms with van der Waals surface area (Å²) in [6.45, 7) is 3.51. The number of hydrogen-bond acceptors (Lipinski definition) is 10. The molecule has 0 N–H and O–H groups in total. The molecule has 0 saturated carbocycles. The Kier molecular flexibility index (Phi) is 5.89. The third kappa shape index (κ3) is 4.12. The van der Waals surface area contributed by atoms with E-state index in [2.05, 4.69) is 30.9 Å². The van der Waals surface area contributed by atoms with E-state index in [-0.39, 0.29) is 6.61 Å². The van der Waals surface area contributed by atoms with E-state index in [0.29, 0.717) is 15.8 Å². The van der Waals surface area contributed by atoms with Crippen molar-refractivity contribution in [1.82, 2.24) is 19.5 Å². The Morgan fingerprint density at radius 1 is 1.07 bits per heavy atom. The van der Waals surface area contributed by atoms with Crippen LogP contribution in [0.2, 0.25) is 0 Å². The molecule has 2 unspecified atom stereocenters. The van der Waals surface area contributed by atoms with Crippen LogP contribution in [-0.4, -0.2) is 62.3 Å². The van der Waals surface area contributed by atoms with Gasteiger partial charge in [0.25, 0.3) is 0 Å². The van der Waals surface area contributed by atoms with Gasteiger partial charge in [-0.25, -0.2) is 15.0 Å². The number of rotatable bonds is 5. The van der Waals surface area contributed by atoms with E-state index < -0.39 is 42.4 Å². The Balaban J connectivity index is 2.01. The molecule has 4 atom stereocenters. The molecule has 2 aromatic rings. The number of carbonyl (C=O) groups excluding carboxylic acids is 3. The van der Waals surface area contributed by atoms with E-state index in [0.717, 1.165) is 0 Å². The largest absolute Gasteiger partial charge is 0.463 e. The Bertz CT molecular complexity index is 918. The maximum Gasteiger partial charge on any atom is 0.303 e. The molecule has 3 heterocycles. The van der Waals surface area contributed by atoms with Gasteiger partial charge in [-0.3, -0.25) is 19.0 Å². The normalized spacial score (nSPS) is 24.1. The molecule has 1 aliphatic rings. The van der Waals surface area contributed by atoms with Gasteiger partial charge < -0.3 is 18.9 Å². The first-order valence-corrected chi connectivity index (χ1v) is 9.03. The van der Waals surface area contributed by atoms with Gasteiger partial charge in [0.1, 0.15) is 29.2 Å². The summed E-state index contributed by atoms with van der Waals surface area (Å²) in [7, 11) is 0. The molecule has 0 amide bonds. The van der Waals surface area contributed by atoms with Crippen molar-refractivity contribution in [3.63, 3.8) is 0 Å². The maximum atomic E-state index is 11.7. The molecule has 1 saturated heterocycles. The topological polar surface area (TPSA) is 132 Å². The Morgan fingerprint density at radius 3 is 2.39 bits per heavy atom. The van der Waals surface area contributed by atoms with Crippen LogP contribution in [0.3, 0.4) is 0 Å². The molecule has 28 heavy (non-hydrogen) atoms. The average molecular weight is 457 g/mol. The molecule has 150 valence electrons. The van der Waals surface area contributed by atoms with Crippen molar-refractivity contribution in [1.29, 1.82) is 0 Å². The maximum absolute atomic E-state index is 11.7. The molecule has 0 aliphatic carbocycles. The summed E-state index contributed by atoms with van der Waals surface area (Å²) in [5, 5.41) is 0. The predicted molar refractivity (Wildman–Crippen MR) is 94.7 cm³/mol. The number of esters is 3. The molecule has 1 aliphatic heterocycles. The van der Waals surface area contributed by atoms with Gasteiger partial charge in [-0.05, 0) is 15.9 Å². The molecule has 0 spiro atoms. The molecule has 1 fully saturated rings. The van der Waals surface area contributed by atoms with Crippen LogP contribution in [0.25, 0.3) is 11.2 Å². The van der Waals surface area contributed by atoms with Gasteiger partial charge in [-0.1, -0.05) is 0 Å². The van der Waals surface area contributed by atoms with E-state index in [4.69, 9.17) is 18.9 Å². The molecule has 0 radical (unpaired) electrons. The summed E-state index contributed by atoms with van der Waals surface area (Å²) in [6.07, 6.45) is -0.989. The van der Waals surface area contributed by atoms with Crippen LogP contribution < -0.4 is 0 Å². The van der Waals surface area contributed by atoms with Crippen LogP contribution >= 0.6 is 15.9 Å². The Hall–Kier alpha value is -2.60. The first kappa shape index (κ1) is 20.1. The van der Waals surface area contributed by atoms with Gasteiger partial charge >= 0.3 is 17.9 Å². The predicted octanol–water partition coefficient (Wildman–Crippen LogP) is 0.913. The lowest BCUT2D eigenvalue weighted by Crippen LogP contribution is -2.40. The van der Waals surface area contributed by atoms with Crippen LogP contribution in [0.15, 0.2) is 17.3 Å². The standard InChI is InChI=1S/C16H17BrN4O7/c1-7(22)25-4-10-12(26-8(2)23)13(27-9(3)24)16(28-10)21-6-20-11-14(17)18-5-19-15(11)21/h5-6,10,12-13,16H,4H2,1-3H3/t10-,12?,13?,16-/m1/s1. The number of imidazole rings is 1. The molecule has 11 nitrogen and oxygen atoms in total. The van der Waals surface area contributed by atoms with Crippen LogP contribution in [-0.2, 0) is 33.3 Å². The van der Waals surface area contributed by atoms with Crippen LogP contribution in [0, 0.1) is 0 Å². The van der Waals surface area contributed by atoms with Crippen molar-refractivity contribution in [2.24, 2.45) is 0 Å². The minimum absolute atomic E-state index is 0.188. The second kappa shape index (κ2) is 8.19. The number of halogens is 1. The Morgan fingerprint density at radius 2 is 1.75 bits per heavy atom. The highest BCUT2D eigenvalue weighted by Crippen LogP contribution is 2.36. The number of nitrogens with zero attached hydrogens (tertiary/aromatic N) is 4. The van der Waals surface area contributed by atoms with Crippen molar-refractivity contribution >= 4 is 45.0 Å². The highest BCUT2D eigenvalue weighted by Gasteiger charge is 2.51. The summed E-state index contributed by atoms with van der Waals surface area (Å²) in [5.41, 5.74) is 0.888. The Labute approximate surface area is 167 Å². The van der Waals surface area contributed by atoms with Gasteiger partial charge in [0.05, 0.1) is 6.33 Å². The van der Waals surface area contributed by atoms with Crippen LogP contribution in [0.5, 0.6) is 0 Å². The fraction of sp³-hybridized carbons (Fsp3) is 0.500. The molecule has 0 aromatic carbocycles. The van der Waals surface area contributed by atoms with Gasteiger partial charge in [-0.2, -0.15) is 0 Å². The van der Waals surface area contributed by atoms with E-state index in [1.54, 1.807) is 4.57 Å². The van der Waals surface area contributed by atoms with Gasteiger partial charge in [0, 0.05) is 20.8 Å². The lowest BCUT2D eigenvalue weighted by Gasteiger charge is -2.23. The zero-order chi connectivity index (χ0) is 20.4. The monoisotopic (exact) mass is 456 g/mol. The van der Waals surface area contributed by atoms with Crippen LogP contribution in [0.4, 0.5) is 0 Å². The van der Waals surface area contributed by atoms with Crippen molar-refractivity contribution in [2.45, 2.75) is 45.3 Å². The van der Waals surface area contributed by atoms with Crippen LogP contribution in [0.1, 0.15) is 27.0 Å². The smallest absolute Gasteiger partial charge is 0.303 e. The number of carbonyl (C=O) groups is 3. The van der Waals surface area contributed by atoms with E-state index in [9.17, 15) is 14.4 Å². The summed E-state index contributed by atoms with van der Waals surface area (Å²) >= 11 is 3.29. The number of fused-ring (bicyclic) bond motifs is 1. The van der Waals surface area contributed by atoms with Gasteiger partial charge in [-0.15, -0.1) is 0 Å². The molecule has 3 rings (SSSR count). The summed E-state index contributed by atoms with van der Waals surface area (Å²) in [4.78, 5) is 46.9. The molecular weight excluding hydrogens is 440 g/mol. The lowest BCUT2D eigenvalue weighted by atomic mass is 10.1. The second-order valence-electron chi connectivity index (χ2n) is 6.00. The number of ether oxygens (including phenoxy) is 4. The summed E-state index contributed by atoms with van der Waals surface area (Å²) in [6, 6.07) is 0. The van der Waals surface area contributed by atoms with Gasteiger partial charge in [0.2, 0.25) is 0 Å². The van der Waals surface area contributed by atoms with Crippen molar-refractivity contribution in [3.8, 4) is 0 Å². The molecule has 0 bridgehead atoms. The minimum atomic E-state index is -1.01. The SMILES string of the molecule is CC(=O)OC[C@H]1O[C@@H](n2cnc3c(Br)ncnc32)C(OC(C)=O)C1OC(C)=O. The summed E-state index contributed by atoms with van der Waals surface area (Å²) < 4.78 is 23.7. The lowest BCUT2D eigenvalue weighted by molar-refractivity contribution is -0.166. The molecule has 12 heteroatoms. The molecular formula is C16H17BrN4O7. The fourth-order valence-corrected chi connectivity index (χ4v) is 3.30. The zero-order valence-electron chi connectivity index (χ0n) is 15.2. The average Bonchev–Trinajstić information content (AvgIpc) is 3.16.